The first-order chi connectivity index (χ1) is 9.71. The lowest BCUT2D eigenvalue weighted by Crippen LogP contribution is -2.44. The fraction of sp³-hybridized carbons (Fsp3) is 0.529. The van der Waals surface area contributed by atoms with Crippen LogP contribution in [0, 0.1) is 11.3 Å². The Bertz CT molecular complexity index is 570. The van der Waals surface area contributed by atoms with E-state index in [2.05, 4.69) is 39.6 Å². The van der Waals surface area contributed by atoms with Crippen molar-refractivity contribution < 1.29 is 4.79 Å². The summed E-state index contributed by atoms with van der Waals surface area (Å²) in [5.41, 5.74) is 8.68. The predicted octanol–water partition coefficient (Wildman–Crippen LogP) is 2.81. The van der Waals surface area contributed by atoms with Gasteiger partial charge in [-0.25, -0.2) is 0 Å². The first-order valence-electron chi connectivity index (χ1n) is 7.46. The predicted molar refractivity (Wildman–Crippen MR) is 87.6 cm³/mol. The first-order valence-corrected chi connectivity index (χ1v) is 7.46. The van der Waals surface area contributed by atoms with Gasteiger partial charge in [0.15, 0.2) is 6.17 Å². The van der Waals surface area contributed by atoms with Crippen LogP contribution in [0.1, 0.15) is 40.2 Å². The average molecular weight is 287 g/mol. The van der Waals surface area contributed by atoms with Crippen molar-refractivity contribution in [3.63, 3.8) is 0 Å². The summed E-state index contributed by atoms with van der Waals surface area (Å²) < 4.78 is 0. The van der Waals surface area contributed by atoms with Gasteiger partial charge in [0.05, 0.1) is 11.4 Å². The molecule has 0 unspecified atom stereocenters. The molecule has 0 radical (unpaired) electrons. The number of hydrogen-bond donors (Lipinski definition) is 1. The molecule has 2 N–H and O–H groups in total. The van der Waals surface area contributed by atoms with E-state index in [1.807, 2.05) is 24.3 Å². The highest BCUT2D eigenvalue weighted by Crippen LogP contribution is 2.32. The van der Waals surface area contributed by atoms with Crippen molar-refractivity contribution in [1.29, 1.82) is 0 Å². The van der Waals surface area contributed by atoms with Crippen molar-refractivity contribution in [2.24, 2.45) is 22.1 Å². The number of nitrogens with zero attached hydrogens (tertiary/aromatic N) is 2. The molecule has 0 aliphatic carbocycles. The van der Waals surface area contributed by atoms with Crippen LogP contribution in [0.5, 0.6) is 0 Å². The number of hydrogen-bond acceptors (Lipinski definition) is 3. The van der Waals surface area contributed by atoms with Gasteiger partial charge in [-0.15, -0.1) is 0 Å². The van der Waals surface area contributed by atoms with Crippen LogP contribution in [0.4, 0.5) is 5.69 Å². The van der Waals surface area contributed by atoms with Crippen LogP contribution in [0.15, 0.2) is 29.3 Å². The zero-order chi connectivity index (χ0) is 15.8. The van der Waals surface area contributed by atoms with Crippen molar-refractivity contribution in [3.8, 4) is 0 Å². The Kier molecular flexibility index (Phi) is 4.19. The molecule has 114 valence electrons. The maximum absolute atomic E-state index is 12.6. The Morgan fingerprint density at radius 2 is 1.90 bits per heavy atom. The second-order valence-electron chi connectivity index (χ2n) is 7.03. The Labute approximate surface area is 127 Å². The largest absolute Gasteiger partial charge is 0.308 e. The van der Waals surface area contributed by atoms with Gasteiger partial charge in [0.1, 0.15) is 0 Å². The second-order valence-corrected chi connectivity index (χ2v) is 7.03. The highest BCUT2D eigenvalue weighted by molar-refractivity contribution is 6.14. The van der Waals surface area contributed by atoms with Crippen LogP contribution in [0.3, 0.4) is 0 Å². The van der Waals surface area contributed by atoms with Crippen LogP contribution in [-0.4, -0.2) is 24.3 Å². The number of amides is 1. The molecule has 21 heavy (non-hydrogen) atoms. The van der Waals surface area contributed by atoms with Crippen LogP contribution >= 0.6 is 0 Å². The molecule has 0 spiro atoms. The molecule has 1 aliphatic rings. The molecule has 1 aliphatic heterocycles. The summed E-state index contributed by atoms with van der Waals surface area (Å²) in [5, 5.41) is 0. The van der Waals surface area contributed by atoms with E-state index in [1.54, 1.807) is 4.90 Å². The topological polar surface area (TPSA) is 58.7 Å². The molecule has 0 saturated carbocycles. The summed E-state index contributed by atoms with van der Waals surface area (Å²) >= 11 is 0. The summed E-state index contributed by atoms with van der Waals surface area (Å²) in [6.45, 7) is 11.1. The van der Waals surface area contributed by atoms with Crippen LogP contribution in [0.25, 0.3) is 0 Å². The minimum absolute atomic E-state index is 0.129. The van der Waals surface area contributed by atoms with E-state index in [9.17, 15) is 4.79 Å². The van der Waals surface area contributed by atoms with E-state index in [-0.39, 0.29) is 11.3 Å². The van der Waals surface area contributed by atoms with E-state index in [0.29, 0.717) is 12.5 Å². The minimum Gasteiger partial charge on any atom is -0.308 e. The number of para-hydroxylation sites is 1. The van der Waals surface area contributed by atoms with Crippen molar-refractivity contribution in [2.75, 3.05) is 11.4 Å². The normalized spacial score (nSPS) is 19.4. The fourth-order valence-corrected chi connectivity index (χ4v) is 2.60. The molecule has 1 heterocycles. The first kappa shape index (κ1) is 15.7. The van der Waals surface area contributed by atoms with Crippen LogP contribution in [-0.2, 0) is 4.79 Å². The molecule has 0 aromatic heterocycles. The summed E-state index contributed by atoms with van der Waals surface area (Å²) in [5.74, 6) is 0.237. The molecule has 1 amide bonds. The van der Waals surface area contributed by atoms with Gasteiger partial charge in [0, 0.05) is 17.5 Å². The maximum Gasteiger partial charge on any atom is 0.266 e. The number of anilines is 1. The highest BCUT2D eigenvalue weighted by Gasteiger charge is 2.33. The van der Waals surface area contributed by atoms with Gasteiger partial charge < -0.3 is 10.6 Å². The number of fused-ring (bicyclic) bond motifs is 1. The van der Waals surface area contributed by atoms with Gasteiger partial charge in [-0.3, -0.25) is 9.79 Å². The molecular weight excluding hydrogens is 262 g/mol. The van der Waals surface area contributed by atoms with Gasteiger partial charge in [-0.1, -0.05) is 52.8 Å². The molecule has 4 heteroatoms. The van der Waals surface area contributed by atoms with Crippen LogP contribution < -0.4 is 10.6 Å². The van der Waals surface area contributed by atoms with Crippen molar-refractivity contribution in [1.82, 2.24) is 0 Å². The van der Waals surface area contributed by atoms with Gasteiger partial charge in [0.25, 0.3) is 5.91 Å². The third-order valence-electron chi connectivity index (χ3n) is 3.50. The fourth-order valence-electron chi connectivity index (χ4n) is 2.60. The van der Waals surface area contributed by atoms with E-state index >= 15 is 0 Å². The highest BCUT2D eigenvalue weighted by atomic mass is 16.2. The maximum atomic E-state index is 12.6. The van der Waals surface area contributed by atoms with Gasteiger partial charge in [-0.2, -0.15) is 0 Å². The van der Waals surface area contributed by atoms with E-state index < -0.39 is 6.17 Å². The Hall–Kier alpha value is -1.68. The van der Waals surface area contributed by atoms with E-state index in [4.69, 9.17) is 5.73 Å². The SMILES string of the molecule is CC(C)CN1C(=O)[C@H](N)N=C(C(C)(C)C)c2ccccc21. The lowest BCUT2D eigenvalue weighted by Gasteiger charge is -2.27. The summed E-state index contributed by atoms with van der Waals surface area (Å²) in [7, 11) is 0. The molecule has 4 nitrogen and oxygen atoms in total. The molecule has 1 aromatic carbocycles. The van der Waals surface area contributed by atoms with Crippen molar-refractivity contribution in [2.45, 2.75) is 40.8 Å². The van der Waals surface area contributed by atoms with E-state index in [0.717, 1.165) is 17.0 Å². The lowest BCUT2D eigenvalue weighted by molar-refractivity contribution is -0.119. The molecule has 0 bridgehead atoms. The smallest absolute Gasteiger partial charge is 0.266 e. The second kappa shape index (κ2) is 5.60. The summed E-state index contributed by atoms with van der Waals surface area (Å²) in [6.07, 6.45) is -0.828. The number of benzodiazepines with no additional fused rings is 1. The molecule has 0 saturated heterocycles. The molecule has 0 fully saturated rings. The van der Waals surface area contributed by atoms with Crippen molar-refractivity contribution >= 4 is 17.3 Å². The van der Waals surface area contributed by atoms with Gasteiger partial charge in [-0.05, 0) is 12.0 Å². The molecule has 1 aromatic rings. The zero-order valence-electron chi connectivity index (χ0n) is 13.6. The van der Waals surface area contributed by atoms with Crippen LogP contribution in [0.2, 0.25) is 0 Å². The molecule has 1 atom stereocenters. The third-order valence-corrected chi connectivity index (χ3v) is 3.50. The monoisotopic (exact) mass is 287 g/mol. The number of carbonyl (C=O) groups is 1. The summed E-state index contributed by atoms with van der Waals surface area (Å²) in [4.78, 5) is 18.9. The van der Waals surface area contributed by atoms with Crippen molar-refractivity contribution in [3.05, 3.63) is 29.8 Å². The lowest BCUT2D eigenvalue weighted by atomic mass is 9.84. The minimum atomic E-state index is -0.828. The standard InChI is InChI=1S/C17H25N3O/c1-11(2)10-20-13-9-7-6-8-12(13)14(17(3,4)5)19-15(18)16(20)21/h6-9,11,15H,10,18H2,1-5H3/t15-/m1/s1. The number of benzene rings is 1. The molecular formula is C17H25N3O. The average Bonchev–Trinajstić information content (AvgIpc) is 2.48. The van der Waals surface area contributed by atoms with E-state index in [1.165, 1.54) is 0 Å². The van der Waals surface area contributed by atoms with Gasteiger partial charge >= 0.3 is 0 Å². The van der Waals surface area contributed by atoms with Gasteiger partial charge in [0.2, 0.25) is 0 Å². The third kappa shape index (κ3) is 3.16. The number of nitrogens with two attached hydrogens (primary N) is 1. The number of carbonyl (C=O) groups excluding carboxylic acids is 1. The number of aliphatic imine (C=N–C) groups is 1. The Morgan fingerprint density at radius 1 is 1.29 bits per heavy atom. The zero-order valence-corrected chi connectivity index (χ0v) is 13.6. The molecule has 2 rings (SSSR count). The Balaban J connectivity index is 2.63. The number of rotatable bonds is 2. The Morgan fingerprint density at radius 3 is 2.48 bits per heavy atom. The quantitative estimate of drug-likeness (QED) is 0.909. The summed E-state index contributed by atoms with van der Waals surface area (Å²) in [6, 6.07) is 7.94.